The third kappa shape index (κ3) is 4.13. The Hall–Kier alpha value is -1.77. The second-order valence-corrected chi connectivity index (χ2v) is 9.83. The quantitative estimate of drug-likeness (QED) is 0.845. The number of nitrogens with one attached hydrogen (secondary N) is 1. The van der Waals surface area contributed by atoms with Crippen LogP contribution in [0.4, 0.5) is 4.39 Å². The van der Waals surface area contributed by atoms with Crippen molar-refractivity contribution in [2.45, 2.75) is 30.5 Å². The smallest absolute Gasteiger partial charge is 0.252 e. The van der Waals surface area contributed by atoms with E-state index in [1.165, 1.54) is 21.7 Å². The van der Waals surface area contributed by atoms with Crippen LogP contribution in [0.15, 0.2) is 40.6 Å². The van der Waals surface area contributed by atoms with Crippen LogP contribution in [0.1, 0.15) is 23.3 Å². The Labute approximate surface area is 156 Å². The van der Waals surface area contributed by atoms with Crippen LogP contribution in [-0.2, 0) is 21.4 Å². The molecule has 1 aliphatic rings. The van der Waals surface area contributed by atoms with Crippen LogP contribution in [0.2, 0.25) is 0 Å². The number of amides is 1. The molecule has 26 heavy (non-hydrogen) atoms. The van der Waals surface area contributed by atoms with Crippen LogP contribution in [0, 0.1) is 18.7 Å². The molecule has 0 radical (unpaired) electrons. The highest BCUT2D eigenvalue weighted by Crippen LogP contribution is 2.28. The number of carbonyl (C=O) groups excluding carboxylic acids is 1. The lowest BCUT2D eigenvalue weighted by atomic mass is 9.98. The predicted octanol–water partition coefficient (Wildman–Crippen LogP) is 2.91. The fourth-order valence-electron chi connectivity index (χ4n) is 3.02. The van der Waals surface area contributed by atoms with Gasteiger partial charge in [-0.25, -0.2) is 12.8 Å². The van der Waals surface area contributed by atoms with Gasteiger partial charge in [-0.2, -0.15) is 4.31 Å². The van der Waals surface area contributed by atoms with Gasteiger partial charge < -0.3 is 5.32 Å². The van der Waals surface area contributed by atoms with E-state index in [9.17, 15) is 17.6 Å². The number of rotatable bonds is 5. The normalized spacial score (nSPS) is 18.6. The molecule has 1 saturated heterocycles. The molecular weight excluding hydrogens is 375 g/mol. The molecule has 1 amide bonds. The summed E-state index contributed by atoms with van der Waals surface area (Å²) in [5.74, 6) is -1.03. The zero-order chi connectivity index (χ0) is 18.7. The monoisotopic (exact) mass is 396 g/mol. The highest BCUT2D eigenvalue weighted by Gasteiger charge is 2.33. The van der Waals surface area contributed by atoms with Gasteiger partial charge in [0.2, 0.25) is 5.91 Å². The number of piperidine rings is 1. The first kappa shape index (κ1) is 19.0. The van der Waals surface area contributed by atoms with E-state index in [0.29, 0.717) is 29.2 Å². The first-order chi connectivity index (χ1) is 12.4. The number of sulfonamides is 1. The van der Waals surface area contributed by atoms with E-state index in [1.807, 2.05) is 6.92 Å². The van der Waals surface area contributed by atoms with Crippen LogP contribution >= 0.6 is 11.3 Å². The summed E-state index contributed by atoms with van der Waals surface area (Å²) in [7, 11) is -3.57. The standard InChI is InChI=1S/C18H21FN2O3S2/c1-13-8-9-17(25-13)26(23,24)21-10-4-6-15(12-21)18(22)20-11-14-5-2-3-7-16(14)19/h2-3,5,7-9,15H,4,6,10-12H2,1H3,(H,20,22). The van der Waals surface area contributed by atoms with Crippen molar-refractivity contribution in [2.24, 2.45) is 5.92 Å². The van der Waals surface area contributed by atoms with Gasteiger partial charge in [0.1, 0.15) is 10.0 Å². The van der Waals surface area contributed by atoms with E-state index in [1.54, 1.807) is 30.3 Å². The van der Waals surface area contributed by atoms with Crippen molar-refractivity contribution < 1.29 is 17.6 Å². The van der Waals surface area contributed by atoms with Gasteiger partial charge in [-0.1, -0.05) is 18.2 Å². The van der Waals surface area contributed by atoms with E-state index in [0.717, 1.165) is 4.88 Å². The number of hydrogen-bond donors (Lipinski definition) is 1. The number of thiophene rings is 1. The second-order valence-electron chi connectivity index (χ2n) is 6.38. The van der Waals surface area contributed by atoms with Gasteiger partial charge in [0.05, 0.1) is 5.92 Å². The van der Waals surface area contributed by atoms with Gasteiger partial charge in [-0.05, 0) is 38.0 Å². The number of carbonyl (C=O) groups is 1. The van der Waals surface area contributed by atoms with E-state index < -0.39 is 15.9 Å². The van der Waals surface area contributed by atoms with E-state index in [2.05, 4.69) is 5.32 Å². The third-order valence-electron chi connectivity index (χ3n) is 4.48. The molecule has 2 aromatic rings. The third-order valence-corrected chi connectivity index (χ3v) is 7.81. The second kappa shape index (κ2) is 7.85. The van der Waals surface area contributed by atoms with Crippen LogP contribution in [0.5, 0.6) is 0 Å². The summed E-state index contributed by atoms with van der Waals surface area (Å²) in [6.45, 7) is 2.52. The summed E-state index contributed by atoms with van der Waals surface area (Å²) < 4.78 is 40.8. The molecule has 0 spiro atoms. The molecule has 1 atom stereocenters. The van der Waals surface area contributed by atoms with Gasteiger partial charge in [-0.15, -0.1) is 11.3 Å². The van der Waals surface area contributed by atoms with Crippen molar-refractivity contribution in [1.29, 1.82) is 0 Å². The molecule has 2 heterocycles. The van der Waals surface area contributed by atoms with Crippen LogP contribution in [0.25, 0.3) is 0 Å². The molecule has 1 fully saturated rings. The minimum Gasteiger partial charge on any atom is -0.352 e. The summed E-state index contributed by atoms with van der Waals surface area (Å²) in [4.78, 5) is 13.4. The molecule has 0 aliphatic carbocycles. The highest BCUT2D eigenvalue weighted by molar-refractivity contribution is 7.91. The molecule has 5 nitrogen and oxygen atoms in total. The van der Waals surface area contributed by atoms with Gasteiger partial charge in [-0.3, -0.25) is 4.79 Å². The van der Waals surface area contributed by atoms with Crippen LogP contribution in [0.3, 0.4) is 0 Å². The fourth-order valence-corrected chi connectivity index (χ4v) is 5.98. The van der Waals surface area contributed by atoms with Gasteiger partial charge in [0, 0.05) is 30.1 Å². The van der Waals surface area contributed by atoms with Crippen molar-refractivity contribution in [3.05, 3.63) is 52.7 Å². The number of benzene rings is 1. The Morgan fingerprint density at radius 3 is 2.77 bits per heavy atom. The molecule has 1 aromatic heterocycles. The van der Waals surface area contributed by atoms with Crippen molar-refractivity contribution in [1.82, 2.24) is 9.62 Å². The van der Waals surface area contributed by atoms with Gasteiger partial charge in [0.25, 0.3) is 10.0 Å². The lowest BCUT2D eigenvalue weighted by molar-refractivity contribution is -0.126. The first-order valence-electron chi connectivity index (χ1n) is 8.45. The molecule has 3 rings (SSSR count). The molecular formula is C18H21FN2O3S2. The summed E-state index contributed by atoms with van der Waals surface area (Å²) in [6.07, 6.45) is 1.25. The lowest BCUT2D eigenvalue weighted by Gasteiger charge is -2.30. The lowest BCUT2D eigenvalue weighted by Crippen LogP contribution is -2.45. The van der Waals surface area contributed by atoms with Crippen molar-refractivity contribution >= 4 is 27.3 Å². The number of nitrogens with zero attached hydrogens (tertiary/aromatic N) is 1. The van der Waals surface area contributed by atoms with Crippen molar-refractivity contribution in [3.8, 4) is 0 Å². The van der Waals surface area contributed by atoms with Gasteiger partial charge >= 0.3 is 0 Å². The average Bonchev–Trinajstić information content (AvgIpc) is 3.08. The minimum absolute atomic E-state index is 0.0961. The zero-order valence-corrected chi connectivity index (χ0v) is 16.1. The summed E-state index contributed by atoms with van der Waals surface area (Å²) >= 11 is 1.24. The Balaban J connectivity index is 1.64. The molecule has 1 aliphatic heterocycles. The Morgan fingerprint density at radius 1 is 1.31 bits per heavy atom. The van der Waals surface area contributed by atoms with E-state index in [4.69, 9.17) is 0 Å². The molecule has 8 heteroatoms. The average molecular weight is 397 g/mol. The van der Waals surface area contributed by atoms with Gasteiger partial charge in [0.15, 0.2) is 0 Å². The molecule has 1 aromatic carbocycles. The molecule has 0 bridgehead atoms. The predicted molar refractivity (Wildman–Crippen MR) is 98.8 cm³/mol. The minimum atomic E-state index is -3.57. The Morgan fingerprint density at radius 2 is 2.08 bits per heavy atom. The fraction of sp³-hybridized carbons (Fsp3) is 0.389. The Kier molecular flexibility index (Phi) is 5.74. The Bertz CT molecular complexity index is 895. The summed E-state index contributed by atoms with van der Waals surface area (Å²) in [6, 6.07) is 9.66. The topological polar surface area (TPSA) is 66.5 Å². The maximum atomic E-state index is 13.7. The van der Waals surface area contributed by atoms with Crippen LogP contribution in [-0.4, -0.2) is 31.7 Å². The summed E-state index contributed by atoms with van der Waals surface area (Å²) in [5.41, 5.74) is 0.412. The maximum absolute atomic E-state index is 13.7. The van der Waals surface area contributed by atoms with E-state index >= 15 is 0 Å². The highest BCUT2D eigenvalue weighted by atomic mass is 32.2. The number of hydrogen-bond acceptors (Lipinski definition) is 4. The SMILES string of the molecule is Cc1ccc(S(=O)(=O)N2CCCC(C(=O)NCc3ccccc3F)C2)s1. The molecule has 1 unspecified atom stereocenters. The maximum Gasteiger partial charge on any atom is 0.252 e. The van der Waals surface area contributed by atoms with E-state index in [-0.39, 0.29) is 24.8 Å². The van der Waals surface area contributed by atoms with Crippen LogP contribution < -0.4 is 5.32 Å². The number of halogens is 1. The zero-order valence-electron chi connectivity index (χ0n) is 14.4. The molecule has 140 valence electrons. The van der Waals surface area contributed by atoms with Crippen molar-refractivity contribution in [2.75, 3.05) is 13.1 Å². The molecule has 1 N–H and O–H groups in total. The summed E-state index contributed by atoms with van der Waals surface area (Å²) in [5, 5.41) is 2.73. The molecule has 0 saturated carbocycles. The number of aryl methyl sites for hydroxylation is 1. The first-order valence-corrected chi connectivity index (χ1v) is 10.7. The largest absolute Gasteiger partial charge is 0.352 e. The van der Waals surface area contributed by atoms with Crippen molar-refractivity contribution in [3.63, 3.8) is 0 Å².